The van der Waals surface area contributed by atoms with Gasteiger partial charge in [0.2, 0.25) is 0 Å². The van der Waals surface area contributed by atoms with Crippen LogP contribution in [-0.2, 0) is 5.41 Å². The fourth-order valence-corrected chi connectivity index (χ4v) is 10.3. The van der Waals surface area contributed by atoms with E-state index in [2.05, 4.69) is 81.6 Å². The first-order valence-corrected chi connectivity index (χ1v) is 14.4. The van der Waals surface area contributed by atoms with Crippen LogP contribution in [0.25, 0.3) is 0 Å². The van der Waals surface area contributed by atoms with Crippen LogP contribution in [0.5, 0.6) is 0 Å². The van der Waals surface area contributed by atoms with E-state index in [1.54, 1.807) is 9.79 Å². The lowest BCUT2D eigenvalue weighted by Gasteiger charge is -2.52. The fourth-order valence-electron chi connectivity index (χ4n) is 6.24. The molecule has 0 aliphatic heterocycles. The van der Waals surface area contributed by atoms with Crippen molar-refractivity contribution in [1.29, 1.82) is 0 Å². The standard InChI is InChI=1S/C29H42S/c1-29(2,3)24-19-21-26(22-20-24)30(4,25-15-9-7-10-16-25)28-18-12-14-23-13-8-5-6-11-17-27(23)28/h7,9-10,15-16,19-23,27-28H,5-6,8,11-14,17-18H2,1-4H3. The third-order valence-electron chi connectivity index (χ3n) is 8.06. The average Bonchev–Trinajstić information content (AvgIpc) is 2.73. The maximum Gasteiger partial charge on any atom is -0.000510 e. The van der Waals surface area contributed by atoms with Gasteiger partial charge in [-0.15, -0.1) is 0 Å². The molecular formula is C29H42S. The average molecular weight is 423 g/mol. The maximum absolute atomic E-state index is 2.65. The number of benzene rings is 2. The summed E-state index contributed by atoms with van der Waals surface area (Å²) in [6, 6.07) is 21.4. The lowest BCUT2D eigenvalue weighted by atomic mass is 9.72. The van der Waals surface area contributed by atoms with Gasteiger partial charge in [0.1, 0.15) is 0 Å². The van der Waals surface area contributed by atoms with Crippen molar-refractivity contribution >= 4 is 10.0 Å². The van der Waals surface area contributed by atoms with Crippen LogP contribution in [0.15, 0.2) is 64.4 Å². The monoisotopic (exact) mass is 422 g/mol. The quantitative estimate of drug-likeness (QED) is 0.463. The molecule has 2 aliphatic carbocycles. The number of hydrogen-bond donors (Lipinski definition) is 0. The van der Waals surface area contributed by atoms with Crippen molar-refractivity contribution < 1.29 is 0 Å². The molecule has 0 heterocycles. The molecule has 0 radical (unpaired) electrons. The summed E-state index contributed by atoms with van der Waals surface area (Å²) in [6.07, 6.45) is 15.8. The van der Waals surface area contributed by atoms with Gasteiger partial charge in [0, 0.05) is 0 Å². The molecule has 164 valence electrons. The molecular weight excluding hydrogens is 380 g/mol. The third-order valence-corrected chi connectivity index (χ3v) is 12.4. The largest absolute Gasteiger partial charge is 0.187 e. The molecule has 4 rings (SSSR count). The van der Waals surface area contributed by atoms with Crippen LogP contribution in [0, 0.1) is 11.8 Å². The molecule has 2 aliphatic rings. The van der Waals surface area contributed by atoms with E-state index in [0.29, 0.717) is 0 Å². The summed E-state index contributed by atoms with van der Waals surface area (Å²) in [4.78, 5) is 3.20. The van der Waals surface area contributed by atoms with Crippen molar-refractivity contribution in [2.45, 2.75) is 99.0 Å². The highest BCUT2D eigenvalue weighted by atomic mass is 32.3. The summed E-state index contributed by atoms with van der Waals surface area (Å²) in [7, 11) is -1.06. The second kappa shape index (κ2) is 9.11. The second-order valence-electron chi connectivity index (χ2n) is 11.0. The Labute approximate surface area is 187 Å². The van der Waals surface area contributed by atoms with Gasteiger partial charge >= 0.3 is 0 Å². The Morgan fingerprint density at radius 2 is 1.27 bits per heavy atom. The minimum atomic E-state index is -1.06. The van der Waals surface area contributed by atoms with Gasteiger partial charge in [-0.25, -0.2) is 0 Å². The molecule has 0 spiro atoms. The summed E-state index contributed by atoms with van der Waals surface area (Å²) in [6.45, 7) is 6.97. The van der Waals surface area contributed by atoms with E-state index in [4.69, 9.17) is 0 Å². The molecule has 4 atom stereocenters. The molecule has 2 aromatic carbocycles. The van der Waals surface area contributed by atoms with Crippen LogP contribution in [0.3, 0.4) is 0 Å². The van der Waals surface area contributed by atoms with E-state index in [1.807, 2.05) is 0 Å². The molecule has 30 heavy (non-hydrogen) atoms. The number of hydrogen-bond acceptors (Lipinski definition) is 0. The Morgan fingerprint density at radius 1 is 0.667 bits per heavy atom. The van der Waals surface area contributed by atoms with Crippen molar-refractivity contribution in [3.63, 3.8) is 0 Å². The van der Waals surface area contributed by atoms with Crippen LogP contribution < -0.4 is 0 Å². The van der Waals surface area contributed by atoms with E-state index in [-0.39, 0.29) is 5.41 Å². The molecule has 2 saturated carbocycles. The molecule has 1 heteroatoms. The van der Waals surface area contributed by atoms with Crippen LogP contribution in [0.2, 0.25) is 0 Å². The van der Waals surface area contributed by atoms with Gasteiger partial charge in [-0.3, -0.25) is 0 Å². The Balaban J connectivity index is 1.78. The van der Waals surface area contributed by atoms with Crippen molar-refractivity contribution in [1.82, 2.24) is 0 Å². The van der Waals surface area contributed by atoms with Crippen molar-refractivity contribution in [2.24, 2.45) is 11.8 Å². The first kappa shape index (κ1) is 22.0. The van der Waals surface area contributed by atoms with Gasteiger partial charge in [-0.1, -0.05) is 96.0 Å². The lowest BCUT2D eigenvalue weighted by Crippen LogP contribution is -2.37. The Morgan fingerprint density at radius 3 is 1.93 bits per heavy atom. The molecule has 0 nitrogen and oxygen atoms in total. The number of fused-ring (bicyclic) bond motifs is 1. The molecule has 0 bridgehead atoms. The predicted molar refractivity (Wildman–Crippen MR) is 134 cm³/mol. The Bertz CT molecular complexity index is 801. The summed E-state index contributed by atoms with van der Waals surface area (Å²) >= 11 is 0. The zero-order chi connectivity index (χ0) is 21.2. The SMILES string of the molecule is CC(C)(C)c1ccc(S(C)(c2ccccc2)C2CCCC3CCCCCCC32)cc1. The van der Waals surface area contributed by atoms with E-state index in [9.17, 15) is 0 Å². The molecule has 4 unspecified atom stereocenters. The summed E-state index contributed by atoms with van der Waals surface area (Å²) < 4.78 is 0. The molecule has 0 aromatic heterocycles. The minimum Gasteiger partial charge on any atom is -0.187 e. The van der Waals surface area contributed by atoms with Crippen molar-refractivity contribution in [3.05, 3.63) is 60.2 Å². The highest BCUT2D eigenvalue weighted by molar-refractivity contribution is 8.33. The maximum atomic E-state index is 2.65. The van der Waals surface area contributed by atoms with E-state index >= 15 is 0 Å². The Hall–Kier alpha value is -1.21. The Kier molecular flexibility index (Phi) is 6.68. The minimum absolute atomic E-state index is 0.215. The lowest BCUT2D eigenvalue weighted by molar-refractivity contribution is 0.196. The third kappa shape index (κ3) is 4.38. The molecule has 0 saturated heterocycles. The van der Waals surface area contributed by atoms with E-state index < -0.39 is 10.0 Å². The van der Waals surface area contributed by atoms with Crippen molar-refractivity contribution in [3.8, 4) is 0 Å². The normalized spacial score (nSPS) is 28.5. The summed E-state index contributed by atoms with van der Waals surface area (Å²) in [5.74, 6) is 1.88. The summed E-state index contributed by atoms with van der Waals surface area (Å²) in [5.41, 5.74) is 1.67. The topological polar surface area (TPSA) is 0 Å². The zero-order valence-corrected chi connectivity index (χ0v) is 20.5. The van der Waals surface area contributed by atoms with Gasteiger partial charge in [-0.2, -0.15) is 10.0 Å². The van der Waals surface area contributed by atoms with Crippen LogP contribution in [0.4, 0.5) is 0 Å². The van der Waals surface area contributed by atoms with Gasteiger partial charge in [0.05, 0.1) is 0 Å². The van der Waals surface area contributed by atoms with Gasteiger partial charge in [0.25, 0.3) is 0 Å². The zero-order valence-electron chi connectivity index (χ0n) is 19.7. The van der Waals surface area contributed by atoms with Gasteiger partial charge in [0.15, 0.2) is 0 Å². The molecule has 0 amide bonds. The second-order valence-corrected chi connectivity index (χ2v) is 14.5. The fraction of sp³-hybridized carbons (Fsp3) is 0.586. The van der Waals surface area contributed by atoms with Crippen LogP contribution in [0.1, 0.15) is 84.1 Å². The predicted octanol–water partition coefficient (Wildman–Crippen LogP) is 8.98. The molecule has 2 aromatic rings. The number of rotatable bonds is 3. The van der Waals surface area contributed by atoms with Crippen molar-refractivity contribution in [2.75, 3.05) is 6.26 Å². The highest BCUT2D eigenvalue weighted by Gasteiger charge is 2.42. The van der Waals surface area contributed by atoms with Crippen LogP contribution >= 0.6 is 10.0 Å². The summed E-state index contributed by atoms with van der Waals surface area (Å²) in [5, 5.41) is 0.831. The highest BCUT2D eigenvalue weighted by Crippen LogP contribution is 2.68. The molecule has 2 fully saturated rings. The first-order valence-electron chi connectivity index (χ1n) is 12.3. The van der Waals surface area contributed by atoms with E-state index in [0.717, 1.165) is 17.1 Å². The van der Waals surface area contributed by atoms with E-state index in [1.165, 1.54) is 63.4 Å². The van der Waals surface area contributed by atoms with Gasteiger partial charge < -0.3 is 0 Å². The smallest absolute Gasteiger partial charge is 0.000510 e. The first-order chi connectivity index (χ1) is 14.4. The molecule has 0 N–H and O–H groups in total. The van der Waals surface area contributed by atoms with Gasteiger partial charge in [-0.05, 0) is 81.2 Å². The van der Waals surface area contributed by atoms with Crippen LogP contribution in [-0.4, -0.2) is 11.5 Å².